The lowest BCUT2D eigenvalue weighted by Crippen LogP contribution is -2.47. The van der Waals surface area contributed by atoms with Crippen LogP contribution in [0.4, 0.5) is 5.13 Å². The summed E-state index contributed by atoms with van der Waals surface area (Å²) in [6.45, 7) is 5.24. The molecule has 2 saturated heterocycles. The molecular weight excluding hydrogens is 540 g/mol. The molecular formula is C24H29ClN4O4S3. The third-order valence-corrected chi connectivity index (χ3v) is 11.2. The molecule has 0 N–H and O–H groups in total. The van der Waals surface area contributed by atoms with Crippen LogP contribution in [0, 0.1) is 5.92 Å². The third-order valence-electron chi connectivity index (χ3n) is 6.64. The van der Waals surface area contributed by atoms with Crippen LogP contribution in [0.1, 0.15) is 19.3 Å². The second kappa shape index (κ2) is 11.4. The van der Waals surface area contributed by atoms with Gasteiger partial charge in [0.1, 0.15) is 9.73 Å². The molecule has 2 fully saturated rings. The molecule has 12 heteroatoms. The second-order valence-electron chi connectivity index (χ2n) is 9.01. The Hall–Kier alpha value is -1.60. The minimum absolute atomic E-state index is 0.0711. The molecule has 2 aliphatic rings. The molecule has 1 atom stereocenters. The molecule has 0 radical (unpaired) electrons. The number of benzene rings is 1. The summed E-state index contributed by atoms with van der Waals surface area (Å²) in [4.78, 5) is 22.7. The highest BCUT2D eigenvalue weighted by Crippen LogP contribution is 2.35. The van der Waals surface area contributed by atoms with E-state index in [0.29, 0.717) is 45.8 Å². The highest BCUT2D eigenvalue weighted by Gasteiger charge is 2.36. The maximum Gasteiger partial charge on any atom is 0.252 e. The van der Waals surface area contributed by atoms with E-state index in [1.165, 1.54) is 27.0 Å². The Kier molecular flexibility index (Phi) is 8.26. The largest absolute Gasteiger partial charge is 0.379 e. The number of carbonyl (C=O) groups is 1. The molecule has 1 unspecified atom stereocenters. The van der Waals surface area contributed by atoms with Crippen LogP contribution in [0.3, 0.4) is 0 Å². The van der Waals surface area contributed by atoms with Crippen molar-refractivity contribution in [3.8, 4) is 0 Å². The van der Waals surface area contributed by atoms with E-state index in [1.54, 1.807) is 28.5 Å². The normalized spacial score (nSPS) is 20.1. The van der Waals surface area contributed by atoms with E-state index in [2.05, 4.69) is 4.90 Å². The number of sulfonamides is 1. The first-order chi connectivity index (χ1) is 17.4. The van der Waals surface area contributed by atoms with Crippen LogP contribution in [0.2, 0.25) is 5.02 Å². The van der Waals surface area contributed by atoms with Gasteiger partial charge in [0.25, 0.3) is 10.0 Å². The number of fused-ring (bicyclic) bond motifs is 1. The smallest absolute Gasteiger partial charge is 0.252 e. The molecule has 0 saturated carbocycles. The summed E-state index contributed by atoms with van der Waals surface area (Å²) in [5.41, 5.74) is 0.690. The van der Waals surface area contributed by atoms with Gasteiger partial charge in [-0.25, -0.2) is 13.4 Å². The maximum absolute atomic E-state index is 13.9. The van der Waals surface area contributed by atoms with Crippen LogP contribution in [-0.2, 0) is 19.6 Å². The van der Waals surface area contributed by atoms with Gasteiger partial charge in [-0.3, -0.25) is 14.6 Å². The fourth-order valence-corrected chi connectivity index (χ4v) is 8.68. The van der Waals surface area contributed by atoms with Crippen molar-refractivity contribution in [3.63, 3.8) is 0 Å². The molecule has 8 nitrogen and oxygen atoms in total. The average Bonchev–Trinajstić information content (AvgIpc) is 3.59. The zero-order chi connectivity index (χ0) is 25.1. The molecule has 1 amide bonds. The number of rotatable bonds is 8. The fourth-order valence-electron chi connectivity index (χ4n) is 4.72. The Balaban J connectivity index is 1.36. The van der Waals surface area contributed by atoms with E-state index in [0.717, 1.165) is 44.0 Å². The number of hydrogen-bond acceptors (Lipinski definition) is 8. The third kappa shape index (κ3) is 5.62. The van der Waals surface area contributed by atoms with E-state index >= 15 is 0 Å². The van der Waals surface area contributed by atoms with E-state index in [9.17, 15) is 13.2 Å². The van der Waals surface area contributed by atoms with Crippen LogP contribution >= 0.6 is 34.3 Å². The summed E-state index contributed by atoms with van der Waals surface area (Å²) >= 11 is 9.03. The predicted molar refractivity (Wildman–Crippen MR) is 145 cm³/mol. The minimum Gasteiger partial charge on any atom is -0.379 e. The average molecular weight is 569 g/mol. The molecule has 0 bridgehead atoms. The predicted octanol–water partition coefficient (Wildman–Crippen LogP) is 4.17. The van der Waals surface area contributed by atoms with Crippen LogP contribution in [0.25, 0.3) is 10.2 Å². The molecule has 1 aromatic carbocycles. The van der Waals surface area contributed by atoms with Crippen molar-refractivity contribution in [2.24, 2.45) is 5.92 Å². The molecule has 2 aliphatic heterocycles. The first kappa shape index (κ1) is 26.0. The number of morpholine rings is 1. The summed E-state index contributed by atoms with van der Waals surface area (Å²) in [6.07, 6.45) is 2.09. The molecule has 0 spiro atoms. The molecule has 4 heterocycles. The monoisotopic (exact) mass is 568 g/mol. The van der Waals surface area contributed by atoms with E-state index in [4.69, 9.17) is 21.3 Å². The first-order valence-corrected chi connectivity index (χ1v) is 15.6. The summed E-state index contributed by atoms with van der Waals surface area (Å²) in [6, 6.07) is 8.99. The molecule has 5 rings (SSSR count). The van der Waals surface area contributed by atoms with Crippen LogP contribution in [-0.4, -0.2) is 81.0 Å². The van der Waals surface area contributed by atoms with Gasteiger partial charge in [0, 0.05) is 39.3 Å². The van der Waals surface area contributed by atoms with Gasteiger partial charge in [-0.1, -0.05) is 35.1 Å². The van der Waals surface area contributed by atoms with Crippen molar-refractivity contribution in [2.45, 2.75) is 23.5 Å². The van der Waals surface area contributed by atoms with Crippen molar-refractivity contribution in [2.75, 3.05) is 57.4 Å². The number of piperidine rings is 1. The zero-order valence-corrected chi connectivity index (χ0v) is 23.0. The van der Waals surface area contributed by atoms with Crippen LogP contribution in [0.15, 0.2) is 39.9 Å². The second-order valence-corrected chi connectivity index (χ2v) is 13.5. The lowest BCUT2D eigenvalue weighted by atomic mass is 9.98. The van der Waals surface area contributed by atoms with Gasteiger partial charge >= 0.3 is 0 Å². The Morgan fingerprint density at radius 1 is 1.19 bits per heavy atom. The number of para-hydroxylation sites is 1. The van der Waals surface area contributed by atoms with E-state index in [-0.39, 0.29) is 12.5 Å². The van der Waals surface area contributed by atoms with Crippen molar-refractivity contribution >= 4 is 65.6 Å². The molecule has 194 valence electrons. The molecule has 36 heavy (non-hydrogen) atoms. The van der Waals surface area contributed by atoms with Gasteiger partial charge in [-0.2, -0.15) is 4.31 Å². The fraction of sp³-hybridized carbons (Fsp3) is 0.500. The number of amides is 1. The summed E-state index contributed by atoms with van der Waals surface area (Å²) < 4.78 is 34.4. The van der Waals surface area contributed by atoms with Crippen LogP contribution in [0.5, 0.6) is 0 Å². The number of ether oxygens (including phenoxy) is 1. The van der Waals surface area contributed by atoms with Crippen LogP contribution < -0.4 is 4.90 Å². The topological polar surface area (TPSA) is 83.1 Å². The SMILES string of the molecule is O=C(C1CCCN(S(=O)(=O)c2cccs2)C1)N(CCCN1CCOCC1)c1nc2c(Cl)cccc2s1. The number of hydrogen-bond donors (Lipinski definition) is 0. The van der Waals surface area contributed by atoms with Gasteiger partial charge in [0.05, 0.1) is 28.9 Å². The lowest BCUT2D eigenvalue weighted by molar-refractivity contribution is -0.123. The Morgan fingerprint density at radius 2 is 2.03 bits per heavy atom. The van der Waals surface area contributed by atoms with Gasteiger partial charge in [0.15, 0.2) is 5.13 Å². The van der Waals surface area contributed by atoms with Crippen molar-refractivity contribution in [3.05, 3.63) is 40.7 Å². The maximum atomic E-state index is 13.9. The highest BCUT2D eigenvalue weighted by molar-refractivity contribution is 7.91. The number of carbonyl (C=O) groups excluding carboxylic acids is 1. The molecule has 2 aromatic heterocycles. The van der Waals surface area contributed by atoms with Gasteiger partial charge < -0.3 is 4.74 Å². The zero-order valence-electron chi connectivity index (χ0n) is 19.8. The number of anilines is 1. The Morgan fingerprint density at radius 3 is 2.78 bits per heavy atom. The molecule has 3 aromatic rings. The first-order valence-electron chi connectivity index (χ1n) is 12.1. The Bertz CT molecular complexity index is 1290. The summed E-state index contributed by atoms with van der Waals surface area (Å²) in [5, 5.41) is 2.93. The van der Waals surface area contributed by atoms with Crippen molar-refractivity contribution in [1.29, 1.82) is 0 Å². The summed E-state index contributed by atoms with van der Waals surface area (Å²) in [7, 11) is -3.60. The van der Waals surface area contributed by atoms with E-state index < -0.39 is 15.9 Å². The number of nitrogens with zero attached hydrogens (tertiary/aromatic N) is 4. The number of aromatic nitrogens is 1. The highest BCUT2D eigenvalue weighted by atomic mass is 35.5. The van der Waals surface area contributed by atoms with Gasteiger partial charge in [-0.05, 0) is 42.8 Å². The molecule has 0 aliphatic carbocycles. The lowest BCUT2D eigenvalue weighted by Gasteiger charge is -2.34. The van der Waals surface area contributed by atoms with Gasteiger partial charge in [-0.15, -0.1) is 11.3 Å². The van der Waals surface area contributed by atoms with E-state index in [1.807, 2.05) is 12.1 Å². The van der Waals surface area contributed by atoms with Crippen molar-refractivity contribution in [1.82, 2.24) is 14.2 Å². The van der Waals surface area contributed by atoms with Gasteiger partial charge in [0.2, 0.25) is 5.91 Å². The quantitative estimate of drug-likeness (QED) is 0.406. The number of thiophene rings is 1. The van der Waals surface area contributed by atoms with Crippen molar-refractivity contribution < 1.29 is 17.9 Å². The minimum atomic E-state index is -3.60. The Labute approximate surface area is 224 Å². The standard InChI is InChI=1S/C24H29ClN4O4S3/c25-19-6-1-7-20-22(19)26-24(35-20)29(11-4-9-27-12-14-33-15-13-27)23(30)18-5-2-10-28(17-18)36(31,32)21-8-3-16-34-21/h1,3,6-8,16,18H,2,4-5,9-15,17H2. The number of halogens is 1. The summed E-state index contributed by atoms with van der Waals surface area (Å²) in [5.74, 6) is -0.488. The number of thiazole rings is 1.